The number of carbonyl (C=O) groups excluding carboxylic acids is 2. The Labute approximate surface area is 115 Å². The number of ether oxygens (including phenoxy) is 3. The third-order valence-corrected chi connectivity index (χ3v) is 2.82. The van der Waals surface area contributed by atoms with Gasteiger partial charge in [0.2, 0.25) is 6.10 Å². The average molecular weight is 284 g/mol. The van der Waals surface area contributed by atoms with Crippen LogP contribution in [0.4, 0.5) is 4.79 Å². The van der Waals surface area contributed by atoms with Gasteiger partial charge in [-0.25, -0.2) is 9.59 Å². The molecule has 1 heterocycles. The molecule has 0 aliphatic rings. The molecule has 0 aliphatic heterocycles. The molecule has 0 spiro atoms. The van der Waals surface area contributed by atoms with Crippen LogP contribution in [-0.2, 0) is 19.0 Å². The number of thiophene rings is 1. The van der Waals surface area contributed by atoms with E-state index < -0.39 is 18.2 Å². The second-order valence-corrected chi connectivity index (χ2v) is 4.33. The van der Waals surface area contributed by atoms with Gasteiger partial charge in [0.25, 0.3) is 0 Å². The molecule has 0 radical (unpaired) electrons. The lowest BCUT2D eigenvalue weighted by molar-refractivity contribution is -0.151. The van der Waals surface area contributed by atoms with Crippen LogP contribution in [-0.4, -0.2) is 31.4 Å². The summed E-state index contributed by atoms with van der Waals surface area (Å²) >= 11 is 1.51. The Morgan fingerprint density at radius 3 is 2.63 bits per heavy atom. The molecule has 1 aromatic heterocycles. The van der Waals surface area contributed by atoms with Gasteiger partial charge in [0, 0.05) is 4.88 Å². The summed E-state index contributed by atoms with van der Waals surface area (Å²) < 4.78 is 14.4. The molecular weight excluding hydrogens is 268 g/mol. The van der Waals surface area contributed by atoms with Crippen molar-refractivity contribution in [3.63, 3.8) is 0 Å². The van der Waals surface area contributed by atoms with Gasteiger partial charge in [0.05, 0.1) is 13.2 Å². The first kappa shape index (κ1) is 15.2. The third-order valence-electron chi connectivity index (χ3n) is 1.98. The van der Waals surface area contributed by atoms with Gasteiger partial charge in [-0.05, 0) is 37.4 Å². The van der Waals surface area contributed by atoms with Crippen LogP contribution in [0.25, 0.3) is 6.08 Å². The Morgan fingerprint density at radius 2 is 2.05 bits per heavy atom. The molecule has 104 valence electrons. The van der Waals surface area contributed by atoms with E-state index in [0.29, 0.717) is 0 Å². The first-order valence-electron chi connectivity index (χ1n) is 5.89. The summed E-state index contributed by atoms with van der Waals surface area (Å²) in [6, 6.07) is 3.77. The Balaban J connectivity index is 2.68. The van der Waals surface area contributed by atoms with Gasteiger partial charge in [-0.1, -0.05) is 6.07 Å². The molecule has 1 rings (SSSR count). The van der Waals surface area contributed by atoms with Crippen molar-refractivity contribution in [2.45, 2.75) is 20.0 Å². The van der Waals surface area contributed by atoms with Gasteiger partial charge in [0.15, 0.2) is 0 Å². The molecule has 0 amide bonds. The van der Waals surface area contributed by atoms with Crippen LogP contribution in [0, 0.1) is 0 Å². The van der Waals surface area contributed by atoms with Crippen LogP contribution in [0.15, 0.2) is 23.6 Å². The fourth-order valence-corrected chi connectivity index (χ4v) is 1.84. The first-order chi connectivity index (χ1) is 9.17. The van der Waals surface area contributed by atoms with Crippen molar-refractivity contribution in [3.8, 4) is 0 Å². The molecule has 1 atom stereocenters. The molecule has 0 saturated carbocycles. The summed E-state index contributed by atoms with van der Waals surface area (Å²) in [4.78, 5) is 23.8. The molecule has 5 nitrogen and oxygen atoms in total. The van der Waals surface area contributed by atoms with Crippen molar-refractivity contribution in [2.75, 3.05) is 13.2 Å². The summed E-state index contributed by atoms with van der Waals surface area (Å²) in [6.07, 6.45) is 1.18. The van der Waals surface area contributed by atoms with Gasteiger partial charge in [-0.3, -0.25) is 0 Å². The standard InChI is InChI=1S/C13H16O5S/c1-3-16-12(14)11(18-13(15)17-4-2)8-7-10-6-5-9-19-10/h5-9,11H,3-4H2,1-2H3/b8-7+. The van der Waals surface area contributed by atoms with Crippen molar-refractivity contribution in [2.24, 2.45) is 0 Å². The summed E-state index contributed by atoms with van der Waals surface area (Å²) in [7, 11) is 0. The highest BCUT2D eigenvalue weighted by atomic mass is 32.1. The first-order valence-corrected chi connectivity index (χ1v) is 6.77. The fourth-order valence-electron chi connectivity index (χ4n) is 1.21. The summed E-state index contributed by atoms with van der Waals surface area (Å²) in [6.45, 7) is 3.74. The lowest BCUT2D eigenvalue weighted by Gasteiger charge is -2.12. The Bertz CT molecular complexity index is 424. The van der Waals surface area contributed by atoms with Crippen LogP contribution in [0.2, 0.25) is 0 Å². The molecule has 1 aromatic rings. The minimum absolute atomic E-state index is 0.184. The maximum Gasteiger partial charge on any atom is 0.509 e. The van der Waals surface area contributed by atoms with Crippen molar-refractivity contribution in [1.82, 2.24) is 0 Å². The predicted octanol–water partition coefficient (Wildman–Crippen LogP) is 2.87. The predicted molar refractivity (Wildman–Crippen MR) is 71.9 cm³/mol. The average Bonchev–Trinajstić information content (AvgIpc) is 2.88. The number of esters is 1. The highest BCUT2D eigenvalue weighted by Gasteiger charge is 2.22. The molecule has 0 fully saturated rings. The third kappa shape index (κ3) is 5.56. The van der Waals surface area contributed by atoms with E-state index in [4.69, 9.17) is 9.47 Å². The number of rotatable bonds is 6. The highest BCUT2D eigenvalue weighted by molar-refractivity contribution is 7.10. The zero-order valence-corrected chi connectivity index (χ0v) is 11.6. The minimum atomic E-state index is -1.10. The lowest BCUT2D eigenvalue weighted by atomic mass is 10.3. The smallest absolute Gasteiger partial charge is 0.463 e. The maximum atomic E-state index is 11.6. The van der Waals surface area contributed by atoms with Crippen molar-refractivity contribution in [1.29, 1.82) is 0 Å². The van der Waals surface area contributed by atoms with E-state index in [2.05, 4.69) is 4.74 Å². The van der Waals surface area contributed by atoms with Crippen LogP contribution in [0.5, 0.6) is 0 Å². The van der Waals surface area contributed by atoms with Crippen molar-refractivity contribution >= 4 is 29.5 Å². The second-order valence-electron chi connectivity index (χ2n) is 3.35. The quantitative estimate of drug-likeness (QED) is 0.752. The summed E-state index contributed by atoms with van der Waals surface area (Å²) in [5.41, 5.74) is 0. The van der Waals surface area contributed by atoms with E-state index in [9.17, 15) is 9.59 Å². The van der Waals surface area contributed by atoms with E-state index in [0.717, 1.165) is 4.88 Å². The SMILES string of the molecule is CCOC(=O)OC(/C=C/c1cccs1)C(=O)OCC. The van der Waals surface area contributed by atoms with E-state index >= 15 is 0 Å². The van der Waals surface area contributed by atoms with Crippen LogP contribution < -0.4 is 0 Å². The van der Waals surface area contributed by atoms with E-state index in [1.54, 1.807) is 19.9 Å². The van der Waals surface area contributed by atoms with Gasteiger partial charge >= 0.3 is 12.1 Å². The summed E-state index contributed by atoms with van der Waals surface area (Å²) in [5, 5.41) is 1.91. The molecule has 0 saturated heterocycles. The van der Waals surface area contributed by atoms with E-state index in [-0.39, 0.29) is 13.2 Å². The molecule has 0 N–H and O–H groups in total. The monoisotopic (exact) mass is 284 g/mol. The molecule has 0 aromatic carbocycles. The number of carbonyl (C=O) groups is 2. The Morgan fingerprint density at radius 1 is 1.32 bits per heavy atom. The summed E-state index contributed by atoms with van der Waals surface area (Å²) in [5.74, 6) is -0.622. The fraction of sp³-hybridized carbons (Fsp3) is 0.385. The Kier molecular flexibility index (Phi) is 6.67. The Hall–Kier alpha value is -1.82. The highest BCUT2D eigenvalue weighted by Crippen LogP contribution is 2.12. The minimum Gasteiger partial charge on any atom is -0.463 e. The molecular formula is C13H16O5S. The molecule has 6 heteroatoms. The van der Waals surface area contributed by atoms with E-state index in [1.807, 2.05) is 17.5 Å². The van der Waals surface area contributed by atoms with Gasteiger partial charge in [-0.15, -0.1) is 11.3 Å². The van der Waals surface area contributed by atoms with E-state index in [1.165, 1.54) is 17.4 Å². The normalized spacial score (nSPS) is 12.1. The topological polar surface area (TPSA) is 61.8 Å². The largest absolute Gasteiger partial charge is 0.509 e. The van der Waals surface area contributed by atoms with Gasteiger partial charge in [0.1, 0.15) is 0 Å². The second kappa shape index (κ2) is 8.31. The number of hydrogen-bond donors (Lipinski definition) is 0. The van der Waals surface area contributed by atoms with Crippen molar-refractivity contribution < 1.29 is 23.8 Å². The maximum absolute atomic E-state index is 11.6. The van der Waals surface area contributed by atoms with Gasteiger partial charge < -0.3 is 14.2 Å². The zero-order chi connectivity index (χ0) is 14.1. The zero-order valence-electron chi connectivity index (χ0n) is 10.8. The molecule has 0 aliphatic carbocycles. The van der Waals surface area contributed by atoms with Crippen LogP contribution in [0.3, 0.4) is 0 Å². The van der Waals surface area contributed by atoms with Crippen molar-refractivity contribution in [3.05, 3.63) is 28.5 Å². The molecule has 19 heavy (non-hydrogen) atoms. The number of hydrogen-bond acceptors (Lipinski definition) is 6. The van der Waals surface area contributed by atoms with Crippen LogP contribution in [0.1, 0.15) is 18.7 Å². The van der Waals surface area contributed by atoms with Gasteiger partial charge in [-0.2, -0.15) is 0 Å². The molecule has 0 bridgehead atoms. The van der Waals surface area contributed by atoms with Crippen LogP contribution >= 0.6 is 11.3 Å². The lowest BCUT2D eigenvalue weighted by Crippen LogP contribution is -2.27. The molecule has 1 unspecified atom stereocenters.